The Kier molecular flexibility index (Phi) is 7.79. The molecule has 0 saturated heterocycles. The molecule has 25 heavy (non-hydrogen) atoms. The molecule has 1 amide bonds. The van der Waals surface area contributed by atoms with Crippen LogP contribution in [0.2, 0.25) is 0 Å². The molecule has 0 aromatic heterocycles. The third-order valence-electron chi connectivity index (χ3n) is 3.79. The van der Waals surface area contributed by atoms with E-state index in [1.807, 2.05) is 44.2 Å². The number of benzene rings is 2. The van der Waals surface area contributed by atoms with Crippen molar-refractivity contribution in [3.05, 3.63) is 65.5 Å². The summed E-state index contributed by atoms with van der Waals surface area (Å²) in [6.45, 7) is 4.42. The van der Waals surface area contributed by atoms with E-state index < -0.39 is 6.10 Å². The van der Waals surface area contributed by atoms with Gasteiger partial charge in [-0.05, 0) is 36.6 Å². The fourth-order valence-electron chi connectivity index (χ4n) is 2.32. The van der Waals surface area contributed by atoms with Crippen LogP contribution in [0.15, 0.2) is 48.5 Å². The summed E-state index contributed by atoms with van der Waals surface area (Å²) in [7, 11) is 0. The summed E-state index contributed by atoms with van der Waals surface area (Å²) in [5.41, 5.74) is 1.70. The minimum absolute atomic E-state index is 0.114. The fourth-order valence-corrected chi connectivity index (χ4v) is 3.17. The van der Waals surface area contributed by atoms with Crippen LogP contribution in [0.3, 0.4) is 0 Å². The highest BCUT2D eigenvalue weighted by atomic mass is 32.2. The summed E-state index contributed by atoms with van der Waals surface area (Å²) in [6.07, 6.45) is 0.0976. The number of carbonyl (C=O) groups excluding carboxylic acids is 1. The van der Waals surface area contributed by atoms with Crippen LogP contribution in [0.1, 0.15) is 24.5 Å². The van der Waals surface area contributed by atoms with Crippen LogP contribution in [0.25, 0.3) is 0 Å². The van der Waals surface area contributed by atoms with Gasteiger partial charge in [-0.3, -0.25) is 4.79 Å². The van der Waals surface area contributed by atoms with Gasteiger partial charge in [0.15, 0.2) is 6.10 Å². The van der Waals surface area contributed by atoms with E-state index in [0.29, 0.717) is 24.3 Å². The Morgan fingerprint density at radius 2 is 1.92 bits per heavy atom. The standard InChI is InChI=1S/C20H24FNO2S/c1-3-18(24-19-11-7-4-8-15(19)2)20(23)22-12-13-25-14-16-9-5-6-10-17(16)21/h4-11,18H,3,12-14H2,1-2H3,(H,22,23)/t18-/m0/s1. The Balaban J connectivity index is 1.73. The first-order valence-electron chi connectivity index (χ1n) is 8.43. The molecule has 2 aromatic carbocycles. The van der Waals surface area contributed by atoms with Gasteiger partial charge in [-0.15, -0.1) is 0 Å². The predicted octanol–water partition coefficient (Wildman–Crippen LogP) is 4.34. The molecule has 3 nitrogen and oxygen atoms in total. The number of hydrogen-bond acceptors (Lipinski definition) is 3. The van der Waals surface area contributed by atoms with E-state index >= 15 is 0 Å². The van der Waals surface area contributed by atoms with Crippen molar-refractivity contribution < 1.29 is 13.9 Å². The molecule has 0 unspecified atom stereocenters. The number of ether oxygens (including phenoxy) is 1. The minimum atomic E-state index is -0.502. The summed E-state index contributed by atoms with van der Waals surface area (Å²) >= 11 is 1.59. The van der Waals surface area contributed by atoms with Crippen molar-refractivity contribution in [2.24, 2.45) is 0 Å². The lowest BCUT2D eigenvalue weighted by Crippen LogP contribution is -2.39. The van der Waals surface area contributed by atoms with E-state index in [1.165, 1.54) is 6.07 Å². The predicted molar refractivity (Wildman–Crippen MR) is 101 cm³/mol. The van der Waals surface area contributed by atoms with Crippen LogP contribution in [0.4, 0.5) is 4.39 Å². The zero-order chi connectivity index (χ0) is 18.1. The molecule has 0 aliphatic heterocycles. The Morgan fingerprint density at radius 3 is 2.64 bits per heavy atom. The first-order valence-corrected chi connectivity index (χ1v) is 9.58. The van der Waals surface area contributed by atoms with E-state index in [4.69, 9.17) is 4.74 Å². The molecule has 1 N–H and O–H groups in total. The van der Waals surface area contributed by atoms with Crippen molar-refractivity contribution >= 4 is 17.7 Å². The SMILES string of the molecule is CC[C@H](Oc1ccccc1C)C(=O)NCCSCc1ccccc1F. The smallest absolute Gasteiger partial charge is 0.261 e. The number of aryl methyl sites for hydroxylation is 1. The summed E-state index contributed by atoms with van der Waals surface area (Å²) in [5, 5.41) is 2.90. The third kappa shape index (κ3) is 6.09. The third-order valence-corrected chi connectivity index (χ3v) is 4.80. The van der Waals surface area contributed by atoms with Crippen LogP contribution in [0.5, 0.6) is 5.75 Å². The Hall–Kier alpha value is -2.01. The highest BCUT2D eigenvalue weighted by Crippen LogP contribution is 2.19. The van der Waals surface area contributed by atoms with Gasteiger partial charge in [0, 0.05) is 18.1 Å². The van der Waals surface area contributed by atoms with Gasteiger partial charge in [0.05, 0.1) is 0 Å². The van der Waals surface area contributed by atoms with Gasteiger partial charge in [0.25, 0.3) is 5.91 Å². The van der Waals surface area contributed by atoms with Gasteiger partial charge < -0.3 is 10.1 Å². The second-order valence-electron chi connectivity index (χ2n) is 5.72. The van der Waals surface area contributed by atoms with Gasteiger partial charge in [0.2, 0.25) is 0 Å². The number of halogens is 1. The zero-order valence-electron chi connectivity index (χ0n) is 14.6. The summed E-state index contributed by atoms with van der Waals surface area (Å²) in [5.74, 6) is 1.76. The molecule has 134 valence electrons. The molecule has 0 aliphatic rings. The Morgan fingerprint density at radius 1 is 1.20 bits per heavy atom. The average Bonchev–Trinajstić information content (AvgIpc) is 2.62. The molecular formula is C20H24FNO2S. The first kappa shape index (κ1) is 19.3. The first-order chi connectivity index (χ1) is 12.1. The van der Waals surface area contributed by atoms with Crippen LogP contribution in [-0.4, -0.2) is 24.3 Å². The van der Waals surface area contributed by atoms with E-state index in [-0.39, 0.29) is 11.7 Å². The topological polar surface area (TPSA) is 38.3 Å². The van der Waals surface area contributed by atoms with Gasteiger partial charge in [-0.1, -0.05) is 43.3 Å². The van der Waals surface area contributed by atoms with E-state index in [9.17, 15) is 9.18 Å². The maximum absolute atomic E-state index is 13.5. The summed E-state index contributed by atoms with van der Waals surface area (Å²) in [6, 6.07) is 14.4. The molecule has 0 spiro atoms. The molecule has 0 bridgehead atoms. The maximum Gasteiger partial charge on any atom is 0.261 e. The fraction of sp³-hybridized carbons (Fsp3) is 0.350. The van der Waals surface area contributed by atoms with E-state index in [2.05, 4.69) is 5.32 Å². The molecule has 0 fully saturated rings. The lowest BCUT2D eigenvalue weighted by Gasteiger charge is -2.18. The van der Waals surface area contributed by atoms with Crippen LogP contribution < -0.4 is 10.1 Å². The highest BCUT2D eigenvalue weighted by Gasteiger charge is 2.18. The van der Waals surface area contributed by atoms with Crippen molar-refractivity contribution in [1.82, 2.24) is 5.32 Å². The molecule has 0 radical (unpaired) electrons. The molecule has 1 atom stereocenters. The Bertz CT molecular complexity index is 693. The van der Waals surface area contributed by atoms with Crippen molar-refractivity contribution in [1.29, 1.82) is 0 Å². The van der Waals surface area contributed by atoms with Crippen LogP contribution in [0, 0.1) is 12.7 Å². The van der Waals surface area contributed by atoms with Crippen molar-refractivity contribution in [2.75, 3.05) is 12.3 Å². The zero-order valence-corrected chi connectivity index (χ0v) is 15.4. The number of para-hydroxylation sites is 1. The monoisotopic (exact) mass is 361 g/mol. The molecule has 5 heteroatoms. The number of thioether (sulfide) groups is 1. The summed E-state index contributed by atoms with van der Waals surface area (Å²) in [4.78, 5) is 12.3. The van der Waals surface area contributed by atoms with Gasteiger partial charge in [0.1, 0.15) is 11.6 Å². The molecule has 2 aromatic rings. The number of carbonyl (C=O) groups is 1. The van der Waals surface area contributed by atoms with Crippen LogP contribution in [-0.2, 0) is 10.5 Å². The maximum atomic E-state index is 13.5. The molecule has 0 aliphatic carbocycles. The number of rotatable bonds is 9. The Labute approximate surface area is 153 Å². The number of nitrogens with one attached hydrogen (secondary N) is 1. The minimum Gasteiger partial charge on any atom is -0.480 e. The largest absolute Gasteiger partial charge is 0.480 e. The number of amides is 1. The quantitative estimate of drug-likeness (QED) is 0.675. The highest BCUT2D eigenvalue weighted by molar-refractivity contribution is 7.98. The molecule has 0 heterocycles. The van der Waals surface area contributed by atoms with Gasteiger partial charge in [-0.25, -0.2) is 4.39 Å². The van der Waals surface area contributed by atoms with E-state index in [1.54, 1.807) is 23.9 Å². The normalized spacial score (nSPS) is 11.8. The molecule has 2 rings (SSSR count). The average molecular weight is 361 g/mol. The second-order valence-corrected chi connectivity index (χ2v) is 6.82. The molecule has 0 saturated carbocycles. The lowest BCUT2D eigenvalue weighted by molar-refractivity contribution is -0.128. The van der Waals surface area contributed by atoms with Gasteiger partial charge >= 0.3 is 0 Å². The molecular weight excluding hydrogens is 337 g/mol. The lowest BCUT2D eigenvalue weighted by atomic mass is 10.2. The number of hydrogen-bond donors (Lipinski definition) is 1. The van der Waals surface area contributed by atoms with Crippen LogP contribution >= 0.6 is 11.8 Å². The van der Waals surface area contributed by atoms with Gasteiger partial charge in [-0.2, -0.15) is 11.8 Å². The second kappa shape index (κ2) is 10.1. The van der Waals surface area contributed by atoms with E-state index in [0.717, 1.165) is 17.1 Å². The van der Waals surface area contributed by atoms with Crippen molar-refractivity contribution in [3.8, 4) is 5.75 Å². The van der Waals surface area contributed by atoms with Crippen molar-refractivity contribution in [2.45, 2.75) is 32.1 Å². The van der Waals surface area contributed by atoms with Crippen molar-refractivity contribution in [3.63, 3.8) is 0 Å². The summed E-state index contributed by atoms with van der Waals surface area (Å²) < 4.78 is 19.3.